The summed E-state index contributed by atoms with van der Waals surface area (Å²) in [6.07, 6.45) is 4.01. The van der Waals surface area contributed by atoms with Gasteiger partial charge in [-0.2, -0.15) is 0 Å². The highest BCUT2D eigenvalue weighted by Crippen LogP contribution is 2.19. The standard InChI is InChI=1S/C13H20N2/c1-10-5-7-11(8-6-10)13(14)9-15-12-3-2-4-12/h5-8,12-13,15H,2-4,9,14H2,1H3. The molecule has 1 saturated carbocycles. The fraction of sp³-hybridized carbons (Fsp3) is 0.538. The van der Waals surface area contributed by atoms with E-state index in [2.05, 4.69) is 36.5 Å². The Morgan fingerprint density at radius 3 is 2.53 bits per heavy atom. The third kappa shape index (κ3) is 2.80. The van der Waals surface area contributed by atoms with Crippen LogP contribution in [-0.4, -0.2) is 12.6 Å². The van der Waals surface area contributed by atoms with E-state index in [1.165, 1.54) is 30.4 Å². The van der Waals surface area contributed by atoms with Crippen LogP contribution in [0.1, 0.15) is 36.4 Å². The van der Waals surface area contributed by atoms with Gasteiger partial charge in [0.05, 0.1) is 0 Å². The maximum atomic E-state index is 6.11. The molecule has 1 aliphatic rings. The van der Waals surface area contributed by atoms with Gasteiger partial charge in [-0.25, -0.2) is 0 Å². The van der Waals surface area contributed by atoms with Gasteiger partial charge in [-0.15, -0.1) is 0 Å². The largest absolute Gasteiger partial charge is 0.323 e. The Morgan fingerprint density at radius 1 is 1.33 bits per heavy atom. The van der Waals surface area contributed by atoms with E-state index in [0.717, 1.165) is 12.6 Å². The zero-order valence-corrected chi connectivity index (χ0v) is 9.37. The highest BCUT2D eigenvalue weighted by Gasteiger charge is 2.17. The van der Waals surface area contributed by atoms with Gasteiger partial charge in [0, 0.05) is 18.6 Å². The summed E-state index contributed by atoms with van der Waals surface area (Å²) in [4.78, 5) is 0. The van der Waals surface area contributed by atoms with Gasteiger partial charge in [0.2, 0.25) is 0 Å². The van der Waals surface area contributed by atoms with Gasteiger partial charge in [-0.3, -0.25) is 0 Å². The van der Waals surface area contributed by atoms with Crippen molar-refractivity contribution in [2.45, 2.75) is 38.3 Å². The number of benzene rings is 1. The number of aryl methyl sites for hydroxylation is 1. The minimum Gasteiger partial charge on any atom is -0.323 e. The number of hydrogen-bond donors (Lipinski definition) is 2. The summed E-state index contributed by atoms with van der Waals surface area (Å²) < 4.78 is 0. The van der Waals surface area contributed by atoms with Crippen LogP contribution in [0.15, 0.2) is 24.3 Å². The molecule has 1 aliphatic carbocycles. The van der Waals surface area contributed by atoms with E-state index in [1.807, 2.05) is 0 Å². The molecule has 0 spiro atoms. The summed E-state index contributed by atoms with van der Waals surface area (Å²) in [5.74, 6) is 0. The monoisotopic (exact) mass is 204 g/mol. The summed E-state index contributed by atoms with van der Waals surface area (Å²) >= 11 is 0. The summed E-state index contributed by atoms with van der Waals surface area (Å²) in [6, 6.07) is 9.36. The van der Waals surface area contributed by atoms with E-state index >= 15 is 0 Å². The van der Waals surface area contributed by atoms with E-state index in [1.54, 1.807) is 0 Å². The predicted octanol–water partition coefficient (Wildman–Crippen LogP) is 2.14. The van der Waals surface area contributed by atoms with Crippen LogP contribution in [0.5, 0.6) is 0 Å². The molecule has 2 heteroatoms. The first-order chi connectivity index (χ1) is 7.25. The van der Waals surface area contributed by atoms with Crippen LogP contribution in [0.25, 0.3) is 0 Å². The molecule has 1 fully saturated rings. The van der Waals surface area contributed by atoms with Crippen molar-refractivity contribution >= 4 is 0 Å². The lowest BCUT2D eigenvalue weighted by Gasteiger charge is -2.28. The minimum atomic E-state index is 0.131. The van der Waals surface area contributed by atoms with Crippen molar-refractivity contribution in [1.29, 1.82) is 0 Å². The molecule has 0 bridgehead atoms. The first kappa shape index (κ1) is 10.7. The molecule has 0 saturated heterocycles. The van der Waals surface area contributed by atoms with E-state index in [9.17, 15) is 0 Å². The third-order valence-electron chi connectivity index (χ3n) is 3.24. The smallest absolute Gasteiger partial charge is 0.0421 e. The molecule has 1 aromatic rings. The Balaban J connectivity index is 1.83. The van der Waals surface area contributed by atoms with Crippen molar-refractivity contribution in [2.24, 2.45) is 5.73 Å². The van der Waals surface area contributed by atoms with Crippen LogP contribution in [0, 0.1) is 6.92 Å². The second-order valence-electron chi connectivity index (χ2n) is 4.55. The van der Waals surface area contributed by atoms with E-state index < -0.39 is 0 Å². The fourth-order valence-electron chi connectivity index (χ4n) is 1.84. The Labute approximate surface area is 91.9 Å². The Bertz CT molecular complexity index is 301. The van der Waals surface area contributed by atoms with Gasteiger partial charge in [0.1, 0.15) is 0 Å². The zero-order valence-electron chi connectivity index (χ0n) is 9.37. The minimum absolute atomic E-state index is 0.131. The average molecular weight is 204 g/mol. The summed E-state index contributed by atoms with van der Waals surface area (Å²) in [6.45, 7) is 3.00. The Kier molecular flexibility index (Phi) is 3.39. The normalized spacial score (nSPS) is 18.5. The van der Waals surface area contributed by atoms with Crippen LogP contribution >= 0.6 is 0 Å². The highest BCUT2D eigenvalue weighted by atomic mass is 14.9. The molecular weight excluding hydrogens is 184 g/mol. The fourth-order valence-corrected chi connectivity index (χ4v) is 1.84. The predicted molar refractivity (Wildman–Crippen MR) is 63.7 cm³/mol. The summed E-state index contributed by atoms with van der Waals surface area (Å²) in [7, 11) is 0. The van der Waals surface area contributed by atoms with Crippen LogP contribution in [0.2, 0.25) is 0 Å². The molecule has 0 amide bonds. The lowest BCUT2D eigenvalue weighted by Crippen LogP contribution is -2.39. The second kappa shape index (κ2) is 4.77. The van der Waals surface area contributed by atoms with Gasteiger partial charge >= 0.3 is 0 Å². The molecule has 15 heavy (non-hydrogen) atoms. The van der Waals surface area contributed by atoms with Gasteiger partial charge < -0.3 is 11.1 Å². The molecule has 0 heterocycles. The first-order valence-corrected chi connectivity index (χ1v) is 5.81. The Morgan fingerprint density at radius 2 is 2.00 bits per heavy atom. The maximum absolute atomic E-state index is 6.11. The molecular formula is C13H20N2. The third-order valence-corrected chi connectivity index (χ3v) is 3.24. The molecule has 2 rings (SSSR count). The number of nitrogens with two attached hydrogens (primary N) is 1. The first-order valence-electron chi connectivity index (χ1n) is 5.81. The zero-order chi connectivity index (χ0) is 10.7. The van der Waals surface area contributed by atoms with Gasteiger partial charge in [-0.1, -0.05) is 36.2 Å². The number of nitrogens with one attached hydrogen (secondary N) is 1. The topological polar surface area (TPSA) is 38.0 Å². The molecule has 0 radical (unpaired) electrons. The Hall–Kier alpha value is -0.860. The second-order valence-corrected chi connectivity index (χ2v) is 4.55. The molecule has 82 valence electrons. The highest BCUT2D eigenvalue weighted by molar-refractivity contribution is 5.24. The lowest BCUT2D eigenvalue weighted by molar-refractivity contribution is 0.333. The van der Waals surface area contributed by atoms with Crippen molar-refractivity contribution in [1.82, 2.24) is 5.32 Å². The summed E-state index contributed by atoms with van der Waals surface area (Å²) in [5, 5.41) is 3.51. The van der Waals surface area contributed by atoms with Crippen LogP contribution in [0.3, 0.4) is 0 Å². The lowest BCUT2D eigenvalue weighted by atomic mass is 9.93. The van der Waals surface area contributed by atoms with Crippen molar-refractivity contribution in [2.75, 3.05) is 6.54 Å². The van der Waals surface area contributed by atoms with Gasteiger partial charge in [0.25, 0.3) is 0 Å². The molecule has 1 aromatic carbocycles. The molecule has 0 aliphatic heterocycles. The van der Waals surface area contributed by atoms with Crippen LogP contribution in [-0.2, 0) is 0 Å². The maximum Gasteiger partial charge on any atom is 0.0421 e. The quantitative estimate of drug-likeness (QED) is 0.788. The number of rotatable bonds is 4. The van der Waals surface area contributed by atoms with Crippen molar-refractivity contribution in [3.8, 4) is 0 Å². The summed E-state index contributed by atoms with van der Waals surface area (Å²) in [5.41, 5.74) is 8.63. The SMILES string of the molecule is Cc1ccc(C(N)CNC2CCC2)cc1. The molecule has 1 atom stereocenters. The van der Waals surface area contributed by atoms with E-state index in [0.29, 0.717) is 0 Å². The van der Waals surface area contributed by atoms with Crippen LogP contribution < -0.4 is 11.1 Å². The number of hydrogen-bond acceptors (Lipinski definition) is 2. The van der Waals surface area contributed by atoms with Crippen molar-refractivity contribution in [3.63, 3.8) is 0 Å². The van der Waals surface area contributed by atoms with Crippen molar-refractivity contribution < 1.29 is 0 Å². The van der Waals surface area contributed by atoms with Crippen LogP contribution in [0.4, 0.5) is 0 Å². The van der Waals surface area contributed by atoms with Gasteiger partial charge in [0.15, 0.2) is 0 Å². The molecule has 2 nitrogen and oxygen atoms in total. The van der Waals surface area contributed by atoms with Gasteiger partial charge in [-0.05, 0) is 25.3 Å². The molecule has 0 aromatic heterocycles. The van der Waals surface area contributed by atoms with E-state index in [4.69, 9.17) is 5.73 Å². The molecule has 1 unspecified atom stereocenters. The van der Waals surface area contributed by atoms with E-state index in [-0.39, 0.29) is 6.04 Å². The van der Waals surface area contributed by atoms with Crippen molar-refractivity contribution in [3.05, 3.63) is 35.4 Å². The molecule has 3 N–H and O–H groups in total. The average Bonchev–Trinajstić information content (AvgIpc) is 2.16.